The molecule has 0 amide bonds. The molecule has 1 atom stereocenters. The smallest absolute Gasteiger partial charge is 0.0401 e. The average molecular weight is 502 g/mol. The van der Waals surface area contributed by atoms with Crippen molar-refractivity contribution in [2.75, 3.05) is 33.2 Å². The molecule has 0 spiro atoms. The molecule has 2 heterocycles. The van der Waals surface area contributed by atoms with Crippen molar-refractivity contribution in [3.8, 4) is 11.1 Å². The molecule has 176 valence electrons. The van der Waals surface area contributed by atoms with E-state index in [-0.39, 0.29) is 24.8 Å². The van der Waals surface area contributed by atoms with Gasteiger partial charge >= 0.3 is 0 Å². The number of aryl methyl sites for hydroxylation is 3. The van der Waals surface area contributed by atoms with Crippen molar-refractivity contribution >= 4 is 36.6 Å². The number of likely N-dealkylation sites (N-methyl/N-ethyl adjacent to an activating group) is 1. The lowest BCUT2D eigenvalue weighted by Gasteiger charge is -2.38. The quantitative estimate of drug-likeness (QED) is 0.369. The first-order valence-corrected chi connectivity index (χ1v) is 12.2. The van der Waals surface area contributed by atoms with Crippen LogP contribution in [0.15, 0.2) is 64.4 Å². The van der Waals surface area contributed by atoms with Gasteiger partial charge in [-0.25, -0.2) is 0 Å². The maximum absolute atomic E-state index is 2.72. The van der Waals surface area contributed by atoms with E-state index >= 15 is 0 Å². The molecule has 1 unspecified atom stereocenters. The summed E-state index contributed by atoms with van der Waals surface area (Å²) in [6.07, 6.45) is 1.09. The Morgan fingerprint density at radius 1 is 0.788 bits per heavy atom. The Morgan fingerprint density at radius 2 is 1.45 bits per heavy atom. The van der Waals surface area contributed by atoms with Crippen LogP contribution in [0.4, 0.5) is 0 Å². The van der Waals surface area contributed by atoms with E-state index in [1.54, 1.807) is 0 Å². The van der Waals surface area contributed by atoms with Crippen LogP contribution in [-0.2, 0) is 6.42 Å². The number of hydrogen-bond acceptors (Lipinski definition) is 3. The molecule has 3 aromatic carbocycles. The van der Waals surface area contributed by atoms with E-state index in [2.05, 4.69) is 92.2 Å². The predicted octanol–water partition coefficient (Wildman–Crippen LogP) is 7.12. The molecule has 2 nitrogen and oxygen atoms in total. The first kappa shape index (κ1) is 26.1. The molecule has 2 aliphatic heterocycles. The Balaban J connectivity index is 0.00000153. The van der Waals surface area contributed by atoms with Crippen LogP contribution < -0.4 is 0 Å². The topological polar surface area (TPSA) is 6.48 Å². The Hall–Kier alpha value is -1.49. The van der Waals surface area contributed by atoms with Crippen molar-refractivity contribution in [1.29, 1.82) is 0 Å². The van der Waals surface area contributed by atoms with Gasteiger partial charge in [0.05, 0.1) is 0 Å². The Bertz CT molecular complexity index is 1100. The lowest BCUT2D eigenvalue weighted by molar-refractivity contribution is 0.110. The van der Waals surface area contributed by atoms with E-state index in [0.29, 0.717) is 6.04 Å². The van der Waals surface area contributed by atoms with Crippen LogP contribution in [0.25, 0.3) is 11.1 Å². The molecule has 0 radical (unpaired) electrons. The first-order chi connectivity index (χ1) is 15.0. The van der Waals surface area contributed by atoms with Crippen LogP contribution in [0.3, 0.4) is 0 Å². The van der Waals surface area contributed by atoms with Crippen LogP contribution in [0.2, 0.25) is 0 Å². The summed E-state index contributed by atoms with van der Waals surface area (Å²) in [5.74, 6) is 0. The second-order valence-corrected chi connectivity index (χ2v) is 10.4. The first-order valence-electron chi connectivity index (χ1n) is 11.4. The standard InChI is InChI=1S/C28H32N2S.2ClH/c1-19-15-20(2)28(21(3)16-19)23-9-10-27-24(17-23)25(30-13-11-29(4)12-14-30)18-22-7-5-6-8-26(22)31-27;;/h5-10,15-17,25H,11-14,18H2,1-4H3;2*1H. The van der Waals surface area contributed by atoms with Crippen molar-refractivity contribution in [2.45, 2.75) is 43.0 Å². The Kier molecular flexibility index (Phi) is 8.58. The number of halogens is 2. The summed E-state index contributed by atoms with van der Waals surface area (Å²) in [7, 11) is 2.24. The highest BCUT2D eigenvalue weighted by Crippen LogP contribution is 2.44. The van der Waals surface area contributed by atoms with Crippen molar-refractivity contribution in [3.05, 3.63) is 82.4 Å². The predicted molar refractivity (Wildman–Crippen MR) is 147 cm³/mol. The van der Waals surface area contributed by atoms with Crippen molar-refractivity contribution in [2.24, 2.45) is 0 Å². The largest absolute Gasteiger partial charge is 0.304 e. The van der Waals surface area contributed by atoms with Gasteiger partial charge in [0.2, 0.25) is 0 Å². The van der Waals surface area contributed by atoms with Crippen LogP contribution in [0, 0.1) is 20.8 Å². The molecule has 2 aliphatic rings. The molecular weight excluding hydrogens is 467 g/mol. The van der Waals surface area contributed by atoms with Gasteiger partial charge in [0.15, 0.2) is 0 Å². The molecule has 0 bridgehead atoms. The summed E-state index contributed by atoms with van der Waals surface area (Å²) in [5.41, 5.74) is 9.84. The fourth-order valence-electron chi connectivity index (χ4n) is 5.36. The summed E-state index contributed by atoms with van der Waals surface area (Å²) in [5, 5.41) is 0. The normalized spacial score (nSPS) is 18.4. The van der Waals surface area contributed by atoms with Gasteiger partial charge in [-0.05, 0) is 85.8 Å². The monoisotopic (exact) mass is 500 g/mol. The van der Waals surface area contributed by atoms with E-state index < -0.39 is 0 Å². The maximum Gasteiger partial charge on any atom is 0.0401 e. The number of fused-ring (bicyclic) bond motifs is 2. The molecule has 0 N–H and O–H groups in total. The number of hydrogen-bond donors (Lipinski definition) is 0. The van der Waals surface area contributed by atoms with Crippen LogP contribution in [-0.4, -0.2) is 43.0 Å². The van der Waals surface area contributed by atoms with E-state index in [1.165, 1.54) is 48.7 Å². The number of piperazine rings is 1. The van der Waals surface area contributed by atoms with Crippen molar-refractivity contribution in [1.82, 2.24) is 9.80 Å². The zero-order valence-corrected chi connectivity index (χ0v) is 22.4. The molecule has 0 aliphatic carbocycles. The summed E-state index contributed by atoms with van der Waals surface area (Å²) in [6, 6.07) is 21.3. The third-order valence-electron chi connectivity index (χ3n) is 6.92. The zero-order chi connectivity index (χ0) is 21.5. The van der Waals surface area contributed by atoms with Gasteiger partial charge < -0.3 is 4.90 Å². The third-order valence-corrected chi connectivity index (χ3v) is 8.13. The summed E-state index contributed by atoms with van der Waals surface area (Å²) >= 11 is 1.95. The fourth-order valence-corrected chi connectivity index (χ4v) is 6.48. The van der Waals surface area contributed by atoms with Gasteiger partial charge in [0, 0.05) is 42.0 Å². The molecule has 0 aromatic heterocycles. The Morgan fingerprint density at radius 3 is 2.15 bits per heavy atom. The highest BCUT2D eigenvalue weighted by molar-refractivity contribution is 7.99. The highest BCUT2D eigenvalue weighted by Gasteiger charge is 2.29. The van der Waals surface area contributed by atoms with E-state index in [9.17, 15) is 0 Å². The zero-order valence-electron chi connectivity index (χ0n) is 19.9. The molecule has 0 saturated carbocycles. The number of nitrogens with zero attached hydrogens (tertiary/aromatic N) is 2. The second-order valence-electron chi connectivity index (χ2n) is 9.30. The molecule has 1 saturated heterocycles. The minimum atomic E-state index is 0. The molecule has 33 heavy (non-hydrogen) atoms. The number of rotatable bonds is 2. The minimum Gasteiger partial charge on any atom is -0.304 e. The van der Waals surface area contributed by atoms with Gasteiger partial charge in [-0.3, -0.25) is 4.90 Å². The Labute approximate surface area is 215 Å². The molecule has 3 aromatic rings. The van der Waals surface area contributed by atoms with Gasteiger partial charge in [-0.2, -0.15) is 0 Å². The average Bonchev–Trinajstić information content (AvgIpc) is 2.90. The lowest BCUT2D eigenvalue weighted by atomic mass is 9.90. The molecule has 5 heteroatoms. The molecule has 5 rings (SSSR count). The fraction of sp³-hybridized carbons (Fsp3) is 0.357. The van der Waals surface area contributed by atoms with E-state index in [4.69, 9.17) is 0 Å². The molecule has 1 fully saturated rings. The van der Waals surface area contributed by atoms with Gasteiger partial charge in [0.25, 0.3) is 0 Å². The van der Waals surface area contributed by atoms with Crippen LogP contribution in [0.5, 0.6) is 0 Å². The van der Waals surface area contributed by atoms with Gasteiger partial charge in [-0.1, -0.05) is 53.7 Å². The van der Waals surface area contributed by atoms with E-state index in [0.717, 1.165) is 32.6 Å². The maximum atomic E-state index is 2.72. The van der Waals surface area contributed by atoms with Gasteiger partial charge in [-0.15, -0.1) is 24.8 Å². The van der Waals surface area contributed by atoms with Crippen LogP contribution in [0.1, 0.15) is 33.9 Å². The third kappa shape index (κ3) is 5.28. The summed E-state index contributed by atoms with van der Waals surface area (Å²) in [4.78, 5) is 8.00. The minimum absolute atomic E-state index is 0. The van der Waals surface area contributed by atoms with Crippen molar-refractivity contribution in [3.63, 3.8) is 0 Å². The number of benzene rings is 3. The van der Waals surface area contributed by atoms with E-state index in [1.807, 2.05) is 11.8 Å². The lowest BCUT2D eigenvalue weighted by Crippen LogP contribution is -2.46. The second kappa shape index (κ2) is 10.8. The van der Waals surface area contributed by atoms with Crippen LogP contribution >= 0.6 is 36.6 Å². The summed E-state index contributed by atoms with van der Waals surface area (Å²) in [6.45, 7) is 11.3. The van der Waals surface area contributed by atoms with Gasteiger partial charge in [0.1, 0.15) is 0 Å². The SMILES string of the molecule is Cc1cc(C)c(-c2ccc3c(c2)C(N2CCN(C)CC2)Cc2ccccc2S3)c(C)c1.Cl.Cl. The van der Waals surface area contributed by atoms with Crippen molar-refractivity contribution < 1.29 is 0 Å². The molecular formula is C28H34Cl2N2S. The summed E-state index contributed by atoms with van der Waals surface area (Å²) < 4.78 is 0. The highest BCUT2D eigenvalue weighted by atomic mass is 35.5.